The average molecular weight is 373 g/mol. The lowest BCUT2D eigenvalue weighted by Crippen LogP contribution is -2.47. The Balaban J connectivity index is 2.56. The highest BCUT2D eigenvalue weighted by atomic mass is 79.9. The summed E-state index contributed by atoms with van der Waals surface area (Å²) in [4.78, 5) is 28.6. The van der Waals surface area contributed by atoms with Crippen molar-refractivity contribution in [2.24, 2.45) is 0 Å². The molecule has 0 saturated heterocycles. The van der Waals surface area contributed by atoms with Crippen LogP contribution in [0.1, 0.15) is 24.8 Å². The van der Waals surface area contributed by atoms with E-state index in [9.17, 15) is 9.59 Å². The number of ether oxygens (including phenoxy) is 1. The van der Waals surface area contributed by atoms with Gasteiger partial charge in [-0.25, -0.2) is 9.59 Å². The van der Waals surface area contributed by atoms with Crippen molar-refractivity contribution in [2.45, 2.75) is 19.9 Å². The molecule has 1 aromatic heterocycles. The van der Waals surface area contributed by atoms with Gasteiger partial charge in [0.25, 0.3) is 0 Å². The van der Waals surface area contributed by atoms with Gasteiger partial charge < -0.3 is 14.5 Å². The van der Waals surface area contributed by atoms with Crippen LogP contribution in [0, 0.1) is 0 Å². The Kier molecular flexibility index (Phi) is 4.73. The maximum atomic E-state index is 12.3. The van der Waals surface area contributed by atoms with E-state index in [-0.39, 0.29) is 12.0 Å². The Hall–Kier alpha value is -1.34. The fourth-order valence-corrected chi connectivity index (χ4v) is 3.93. The second kappa shape index (κ2) is 6.19. The van der Waals surface area contributed by atoms with E-state index in [0.29, 0.717) is 17.9 Å². The molecule has 114 valence electrons. The second-order valence-corrected chi connectivity index (χ2v) is 6.60. The molecule has 21 heavy (non-hydrogen) atoms. The molecular formula is C14H17BrN2O3S. The predicted octanol–water partition coefficient (Wildman–Crippen LogP) is 3.39. The van der Waals surface area contributed by atoms with Crippen molar-refractivity contribution in [3.8, 4) is 0 Å². The molecule has 0 bridgehead atoms. The van der Waals surface area contributed by atoms with Crippen LogP contribution in [-0.2, 0) is 9.53 Å². The average Bonchev–Trinajstić information content (AvgIpc) is 2.86. The maximum Gasteiger partial charge on any atom is 0.338 e. The van der Waals surface area contributed by atoms with Crippen molar-refractivity contribution in [2.75, 3.05) is 20.7 Å². The smallest absolute Gasteiger partial charge is 0.338 e. The Morgan fingerprint density at radius 3 is 2.67 bits per heavy atom. The van der Waals surface area contributed by atoms with E-state index >= 15 is 0 Å². The first kappa shape index (κ1) is 16.0. The number of urea groups is 1. The van der Waals surface area contributed by atoms with Crippen LogP contribution in [0.2, 0.25) is 0 Å². The standard InChI is InChI=1S/C14H17BrN2O3S/c1-5-20-13(18)11-8(2)16(3)14(19)17(4)12(11)10-6-9(15)7-21-10/h6-7,12H,5H2,1-4H3/t12-/m1/s1. The van der Waals surface area contributed by atoms with Crippen molar-refractivity contribution in [3.63, 3.8) is 0 Å². The molecule has 0 radical (unpaired) electrons. The predicted molar refractivity (Wildman–Crippen MR) is 85.0 cm³/mol. The van der Waals surface area contributed by atoms with Gasteiger partial charge in [0.1, 0.15) is 6.04 Å². The molecule has 5 nitrogen and oxygen atoms in total. The zero-order valence-electron chi connectivity index (χ0n) is 12.3. The number of esters is 1. The lowest BCUT2D eigenvalue weighted by Gasteiger charge is -2.38. The second-order valence-electron chi connectivity index (χ2n) is 4.74. The van der Waals surface area contributed by atoms with Crippen molar-refractivity contribution in [3.05, 3.63) is 32.1 Å². The van der Waals surface area contributed by atoms with E-state index in [0.717, 1.165) is 9.35 Å². The van der Waals surface area contributed by atoms with Gasteiger partial charge in [-0.15, -0.1) is 11.3 Å². The normalized spacial score (nSPS) is 19.3. The van der Waals surface area contributed by atoms with Crippen molar-refractivity contribution < 1.29 is 14.3 Å². The fourth-order valence-electron chi connectivity index (χ4n) is 2.34. The first-order valence-corrected chi connectivity index (χ1v) is 8.18. The van der Waals surface area contributed by atoms with Crippen LogP contribution in [0.4, 0.5) is 4.79 Å². The number of hydrogen-bond donors (Lipinski definition) is 0. The lowest BCUT2D eigenvalue weighted by molar-refractivity contribution is -0.139. The molecule has 0 N–H and O–H groups in total. The van der Waals surface area contributed by atoms with E-state index in [1.165, 1.54) is 16.2 Å². The zero-order chi connectivity index (χ0) is 15.7. The van der Waals surface area contributed by atoms with Crippen LogP contribution in [0.15, 0.2) is 27.2 Å². The van der Waals surface area contributed by atoms with Crippen LogP contribution in [0.3, 0.4) is 0 Å². The number of thiophene rings is 1. The molecule has 0 aromatic carbocycles. The van der Waals surface area contributed by atoms with Crippen LogP contribution < -0.4 is 0 Å². The van der Waals surface area contributed by atoms with E-state index in [4.69, 9.17) is 4.74 Å². The van der Waals surface area contributed by atoms with Gasteiger partial charge in [-0.1, -0.05) is 0 Å². The summed E-state index contributed by atoms with van der Waals surface area (Å²) in [5, 5.41) is 1.93. The van der Waals surface area contributed by atoms with E-state index in [1.54, 1.807) is 32.8 Å². The summed E-state index contributed by atoms with van der Waals surface area (Å²) in [6.45, 7) is 3.84. The third-order valence-corrected chi connectivity index (χ3v) is 5.24. The Labute approximate surface area is 136 Å². The summed E-state index contributed by atoms with van der Waals surface area (Å²) in [6, 6.07) is 1.37. The summed E-state index contributed by atoms with van der Waals surface area (Å²) >= 11 is 4.92. The molecule has 1 aliphatic rings. The summed E-state index contributed by atoms with van der Waals surface area (Å²) in [7, 11) is 3.36. The third kappa shape index (κ3) is 2.85. The molecule has 2 rings (SSSR count). The first-order chi connectivity index (χ1) is 9.88. The summed E-state index contributed by atoms with van der Waals surface area (Å²) < 4.78 is 6.11. The summed E-state index contributed by atoms with van der Waals surface area (Å²) in [6.07, 6.45) is 0. The highest BCUT2D eigenvalue weighted by Crippen LogP contribution is 2.39. The molecule has 2 amide bonds. The summed E-state index contributed by atoms with van der Waals surface area (Å²) in [5.41, 5.74) is 1.14. The Morgan fingerprint density at radius 1 is 1.48 bits per heavy atom. The molecule has 7 heteroatoms. The first-order valence-electron chi connectivity index (χ1n) is 6.50. The van der Waals surface area contributed by atoms with Gasteiger partial charge in [0, 0.05) is 34.5 Å². The van der Waals surface area contributed by atoms with Gasteiger partial charge in [-0.05, 0) is 35.8 Å². The number of nitrogens with zero attached hydrogens (tertiary/aromatic N) is 2. The SMILES string of the molecule is CCOC(=O)C1=C(C)N(C)C(=O)N(C)[C@@H]1c1cc(Br)cs1. The number of rotatable bonds is 3. The van der Waals surface area contributed by atoms with E-state index in [2.05, 4.69) is 15.9 Å². The van der Waals surface area contributed by atoms with E-state index in [1.807, 2.05) is 11.4 Å². The van der Waals surface area contributed by atoms with Gasteiger partial charge >= 0.3 is 12.0 Å². The number of likely N-dealkylation sites (N-methyl/N-ethyl adjacent to an activating group) is 1. The van der Waals surface area contributed by atoms with Crippen LogP contribution >= 0.6 is 27.3 Å². The molecule has 0 spiro atoms. The monoisotopic (exact) mass is 372 g/mol. The number of hydrogen-bond acceptors (Lipinski definition) is 4. The highest BCUT2D eigenvalue weighted by Gasteiger charge is 2.39. The quantitative estimate of drug-likeness (QED) is 0.764. The minimum atomic E-state index is -0.413. The molecule has 1 aliphatic heterocycles. The Morgan fingerprint density at radius 2 is 2.14 bits per heavy atom. The minimum absolute atomic E-state index is 0.143. The minimum Gasteiger partial charge on any atom is -0.463 e. The largest absolute Gasteiger partial charge is 0.463 e. The topological polar surface area (TPSA) is 49.9 Å². The number of carbonyl (C=O) groups is 2. The van der Waals surface area contributed by atoms with Gasteiger partial charge in [0.2, 0.25) is 0 Å². The Bertz CT molecular complexity index is 611. The van der Waals surface area contributed by atoms with Crippen molar-refractivity contribution in [1.82, 2.24) is 9.80 Å². The molecule has 0 fully saturated rings. The van der Waals surface area contributed by atoms with Crippen LogP contribution in [0.25, 0.3) is 0 Å². The maximum absolute atomic E-state index is 12.3. The molecule has 2 heterocycles. The number of allylic oxidation sites excluding steroid dienone is 1. The molecule has 0 saturated carbocycles. The molecule has 0 aliphatic carbocycles. The number of halogens is 1. The molecule has 1 aromatic rings. The van der Waals surface area contributed by atoms with Gasteiger partial charge in [0.15, 0.2) is 0 Å². The number of amides is 2. The highest BCUT2D eigenvalue weighted by molar-refractivity contribution is 9.10. The fraction of sp³-hybridized carbons (Fsp3) is 0.429. The van der Waals surface area contributed by atoms with Crippen LogP contribution in [-0.4, -0.2) is 42.5 Å². The van der Waals surface area contributed by atoms with Gasteiger partial charge in [0.05, 0.1) is 12.2 Å². The third-order valence-electron chi connectivity index (χ3n) is 3.49. The van der Waals surface area contributed by atoms with Crippen molar-refractivity contribution >= 4 is 39.3 Å². The van der Waals surface area contributed by atoms with Crippen molar-refractivity contribution in [1.29, 1.82) is 0 Å². The molecule has 0 unspecified atom stereocenters. The number of carbonyl (C=O) groups excluding carboxylic acids is 2. The summed E-state index contributed by atoms with van der Waals surface area (Å²) in [5.74, 6) is -0.379. The van der Waals surface area contributed by atoms with Gasteiger partial charge in [-0.3, -0.25) is 0 Å². The molecular weight excluding hydrogens is 356 g/mol. The van der Waals surface area contributed by atoms with Gasteiger partial charge in [-0.2, -0.15) is 0 Å². The van der Waals surface area contributed by atoms with Crippen LogP contribution in [0.5, 0.6) is 0 Å². The zero-order valence-corrected chi connectivity index (χ0v) is 14.7. The lowest BCUT2D eigenvalue weighted by atomic mass is 9.99. The molecule has 1 atom stereocenters. The van der Waals surface area contributed by atoms with E-state index < -0.39 is 6.04 Å².